The van der Waals surface area contributed by atoms with E-state index in [1.165, 1.54) is 5.56 Å². The maximum absolute atomic E-state index is 5.61. The fourth-order valence-corrected chi connectivity index (χ4v) is 1.28. The van der Waals surface area contributed by atoms with Gasteiger partial charge in [0.15, 0.2) is 12.1 Å². The Bertz CT molecular complexity index is 297. The third-order valence-electron chi connectivity index (χ3n) is 1.96. The highest BCUT2D eigenvalue weighted by Gasteiger charge is 2.16. The Morgan fingerprint density at radius 2 is 2.42 bits per heavy atom. The van der Waals surface area contributed by atoms with Crippen LogP contribution in [0.25, 0.3) is 0 Å². The van der Waals surface area contributed by atoms with Crippen LogP contribution in [0.15, 0.2) is 12.3 Å². The zero-order valence-electron chi connectivity index (χ0n) is 6.96. The van der Waals surface area contributed by atoms with Crippen molar-refractivity contribution in [2.75, 3.05) is 10.6 Å². The molecule has 12 heavy (non-hydrogen) atoms. The molecule has 0 fully saturated rings. The molecule has 2 rings (SSSR count). The Labute approximate surface area is 71.2 Å². The van der Waals surface area contributed by atoms with Gasteiger partial charge in [-0.2, -0.15) is 0 Å². The molecule has 1 aliphatic heterocycles. The Kier molecular flexibility index (Phi) is 1.62. The van der Waals surface area contributed by atoms with Crippen LogP contribution in [0.4, 0.5) is 11.5 Å². The van der Waals surface area contributed by atoms with Gasteiger partial charge in [0.1, 0.15) is 0 Å². The first-order valence-corrected chi connectivity index (χ1v) is 4.07. The third kappa shape index (κ3) is 1.10. The summed E-state index contributed by atoms with van der Waals surface area (Å²) in [7, 11) is 0. The number of nitrogens with two attached hydrogens (primary N) is 1. The van der Waals surface area contributed by atoms with Crippen molar-refractivity contribution in [3.63, 3.8) is 0 Å². The van der Waals surface area contributed by atoms with Crippen LogP contribution in [0.3, 0.4) is 0 Å². The summed E-state index contributed by atoms with van der Waals surface area (Å²) in [4.78, 5) is 4.23. The number of hydrogen-bond donors (Lipinski definition) is 3. The van der Waals surface area contributed by atoms with Crippen LogP contribution >= 0.6 is 0 Å². The highest BCUT2D eigenvalue weighted by Crippen LogP contribution is 2.25. The van der Waals surface area contributed by atoms with Gasteiger partial charge in [-0.15, -0.1) is 0 Å². The van der Waals surface area contributed by atoms with Crippen molar-refractivity contribution >= 4 is 11.5 Å². The number of anilines is 2. The lowest BCUT2D eigenvalue weighted by atomic mass is 10.2. The zero-order chi connectivity index (χ0) is 8.55. The molecule has 64 valence electrons. The van der Waals surface area contributed by atoms with E-state index in [4.69, 9.17) is 5.73 Å². The molecule has 1 aromatic rings. The molecule has 4 heteroatoms. The van der Waals surface area contributed by atoms with E-state index in [9.17, 15) is 0 Å². The van der Waals surface area contributed by atoms with Crippen molar-refractivity contribution < 1.29 is 0 Å². The standard InChI is InChI=1S/C8H12N4/c1-2-5-3-6-7(10-4-5)12-8(9)11-6/h3-4,8,11H,2,9H2,1H3,(H,10,12). The third-order valence-corrected chi connectivity index (χ3v) is 1.96. The summed E-state index contributed by atoms with van der Waals surface area (Å²) in [5.41, 5.74) is 7.84. The minimum atomic E-state index is -0.195. The van der Waals surface area contributed by atoms with Crippen LogP contribution in [-0.4, -0.2) is 11.3 Å². The van der Waals surface area contributed by atoms with Gasteiger partial charge in [-0.3, -0.25) is 5.73 Å². The number of nitrogens with zero attached hydrogens (tertiary/aromatic N) is 1. The van der Waals surface area contributed by atoms with Crippen molar-refractivity contribution in [2.24, 2.45) is 5.73 Å². The van der Waals surface area contributed by atoms with Gasteiger partial charge in [-0.05, 0) is 18.1 Å². The molecular weight excluding hydrogens is 152 g/mol. The minimum Gasteiger partial charge on any atom is -0.350 e. The summed E-state index contributed by atoms with van der Waals surface area (Å²) >= 11 is 0. The molecule has 0 bridgehead atoms. The van der Waals surface area contributed by atoms with E-state index in [1.54, 1.807) is 0 Å². The predicted molar refractivity (Wildman–Crippen MR) is 48.8 cm³/mol. The van der Waals surface area contributed by atoms with Gasteiger partial charge in [-0.1, -0.05) is 6.92 Å². The molecule has 1 aliphatic rings. The van der Waals surface area contributed by atoms with Crippen molar-refractivity contribution in [3.05, 3.63) is 17.8 Å². The topological polar surface area (TPSA) is 63.0 Å². The molecule has 0 radical (unpaired) electrons. The number of fused-ring (bicyclic) bond motifs is 1. The normalized spacial score (nSPS) is 19.7. The molecule has 0 aliphatic carbocycles. The van der Waals surface area contributed by atoms with E-state index in [1.807, 2.05) is 6.20 Å². The van der Waals surface area contributed by atoms with Gasteiger partial charge in [0.2, 0.25) is 0 Å². The summed E-state index contributed by atoms with van der Waals surface area (Å²) in [6.07, 6.45) is 2.67. The predicted octanol–water partition coefficient (Wildman–Crippen LogP) is 0.724. The van der Waals surface area contributed by atoms with Gasteiger partial charge < -0.3 is 10.6 Å². The Morgan fingerprint density at radius 3 is 3.17 bits per heavy atom. The number of hydrogen-bond acceptors (Lipinski definition) is 4. The summed E-state index contributed by atoms with van der Waals surface area (Å²) in [6.45, 7) is 2.10. The lowest BCUT2D eigenvalue weighted by Gasteiger charge is -2.01. The Morgan fingerprint density at radius 1 is 1.58 bits per heavy atom. The SMILES string of the molecule is CCc1cnc2c(c1)NC(N)N2. The lowest BCUT2D eigenvalue weighted by Crippen LogP contribution is -2.32. The first kappa shape index (κ1) is 7.36. The van der Waals surface area contributed by atoms with E-state index in [-0.39, 0.29) is 6.29 Å². The van der Waals surface area contributed by atoms with E-state index >= 15 is 0 Å². The maximum atomic E-state index is 5.61. The molecule has 1 atom stereocenters. The molecule has 0 saturated carbocycles. The van der Waals surface area contributed by atoms with E-state index < -0.39 is 0 Å². The van der Waals surface area contributed by atoms with Crippen LogP contribution in [0.1, 0.15) is 12.5 Å². The fourth-order valence-electron chi connectivity index (χ4n) is 1.28. The average Bonchev–Trinajstić information content (AvgIpc) is 2.43. The molecule has 0 aromatic carbocycles. The average molecular weight is 164 g/mol. The first-order valence-electron chi connectivity index (χ1n) is 4.07. The van der Waals surface area contributed by atoms with E-state index in [0.29, 0.717) is 0 Å². The van der Waals surface area contributed by atoms with Gasteiger partial charge in [0.25, 0.3) is 0 Å². The first-order chi connectivity index (χ1) is 5.79. The summed E-state index contributed by atoms with van der Waals surface area (Å²) < 4.78 is 0. The van der Waals surface area contributed by atoms with Crippen molar-refractivity contribution in [2.45, 2.75) is 19.6 Å². The van der Waals surface area contributed by atoms with Crippen LogP contribution in [-0.2, 0) is 6.42 Å². The smallest absolute Gasteiger partial charge is 0.152 e. The second-order valence-electron chi connectivity index (χ2n) is 2.86. The highest BCUT2D eigenvalue weighted by molar-refractivity contribution is 5.70. The molecule has 4 nitrogen and oxygen atoms in total. The van der Waals surface area contributed by atoms with Crippen LogP contribution in [0.2, 0.25) is 0 Å². The van der Waals surface area contributed by atoms with Crippen LogP contribution in [0.5, 0.6) is 0 Å². The number of pyridine rings is 1. The second-order valence-corrected chi connectivity index (χ2v) is 2.86. The zero-order valence-corrected chi connectivity index (χ0v) is 6.96. The van der Waals surface area contributed by atoms with Gasteiger partial charge in [-0.25, -0.2) is 4.98 Å². The number of rotatable bonds is 1. The largest absolute Gasteiger partial charge is 0.350 e. The van der Waals surface area contributed by atoms with Gasteiger partial charge >= 0.3 is 0 Å². The lowest BCUT2D eigenvalue weighted by molar-refractivity contribution is 0.898. The Hall–Kier alpha value is -1.29. The van der Waals surface area contributed by atoms with Crippen LogP contribution in [0, 0.1) is 0 Å². The minimum absolute atomic E-state index is 0.195. The quantitative estimate of drug-likeness (QED) is 0.572. The summed E-state index contributed by atoms with van der Waals surface area (Å²) in [5, 5.41) is 6.08. The Balaban J connectivity index is 2.35. The van der Waals surface area contributed by atoms with E-state index in [0.717, 1.165) is 17.9 Å². The molecule has 0 saturated heterocycles. The molecule has 1 unspecified atom stereocenters. The number of aryl methyl sites for hydroxylation is 1. The molecule has 0 spiro atoms. The monoisotopic (exact) mass is 164 g/mol. The van der Waals surface area contributed by atoms with Gasteiger partial charge in [0.05, 0.1) is 5.69 Å². The summed E-state index contributed by atoms with van der Waals surface area (Å²) in [6, 6.07) is 2.07. The number of nitrogens with one attached hydrogen (secondary N) is 2. The van der Waals surface area contributed by atoms with Crippen molar-refractivity contribution in [1.82, 2.24) is 4.98 Å². The molecule has 0 amide bonds. The molecule has 1 aromatic heterocycles. The second kappa shape index (κ2) is 2.64. The highest BCUT2D eigenvalue weighted by atomic mass is 15.3. The number of aromatic nitrogens is 1. The molecule has 4 N–H and O–H groups in total. The fraction of sp³-hybridized carbons (Fsp3) is 0.375. The van der Waals surface area contributed by atoms with Gasteiger partial charge in [0, 0.05) is 6.20 Å². The molecular formula is C8H12N4. The van der Waals surface area contributed by atoms with Crippen molar-refractivity contribution in [3.8, 4) is 0 Å². The van der Waals surface area contributed by atoms with Crippen LogP contribution < -0.4 is 16.4 Å². The van der Waals surface area contributed by atoms with Crippen molar-refractivity contribution in [1.29, 1.82) is 0 Å². The van der Waals surface area contributed by atoms with E-state index in [2.05, 4.69) is 28.6 Å². The molecule has 2 heterocycles. The maximum Gasteiger partial charge on any atom is 0.152 e. The summed E-state index contributed by atoms with van der Waals surface area (Å²) in [5.74, 6) is 0.847.